The average Bonchev–Trinajstić information content (AvgIpc) is 3.97. The van der Waals surface area contributed by atoms with Crippen LogP contribution in [0.25, 0.3) is 26.9 Å². The largest absolute Gasteiger partial charge is 0.487 e. The Morgan fingerprint density at radius 1 is 1.12 bits per heavy atom. The first-order chi connectivity index (χ1) is 23.8. The number of carbonyl (C=O) groups is 1. The van der Waals surface area contributed by atoms with E-state index in [0.29, 0.717) is 42.5 Å². The molecular weight excluding hydrogens is 626 g/mol. The van der Waals surface area contributed by atoms with Crippen molar-refractivity contribution in [2.24, 2.45) is 5.92 Å². The molecule has 1 aromatic heterocycles. The standard InChI is InChI=1S/C38H40F2N6O3/c1-22(39)36(47)46-14-13-44(20-25(46)18-41-2)35-30-10-9-29(27-5-3-6-28-31-15-23(31)16-32(27)28)34(49-26-7-8-26)33(30)42-37(43-35)48-21-38-11-4-12-45(38)19-24(40)17-38/h3,5-6,9-10,23-26,31H,1,4,7-8,11-21H2/t23?,24-,25+,31?,38+/m1/s1. The van der Waals surface area contributed by atoms with Gasteiger partial charge in [0.2, 0.25) is 6.54 Å². The number of hydrogen-bond donors (Lipinski definition) is 0. The number of nitrogens with zero attached hydrogens (tertiary/aromatic N) is 6. The maximum atomic E-state index is 14.6. The second-order valence-corrected chi connectivity index (χ2v) is 14.9. The SMILES string of the molecule is [C-]#[N+]C[C@H]1CN(c2nc(OC[C@@]34CCCN3C[C@H](F)C4)nc3c(OC4CC4)c(-c4cccc5c4CC4CC54)ccc23)CCN1C(=O)C(=C)F. The lowest BCUT2D eigenvalue weighted by Gasteiger charge is -2.39. The van der Waals surface area contributed by atoms with Crippen LogP contribution in [0.15, 0.2) is 42.7 Å². The molecule has 9 rings (SSSR count). The van der Waals surface area contributed by atoms with Crippen LogP contribution in [-0.2, 0) is 11.2 Å². The van der Waals surface area contributed by atoms with Gasteiger partial charge in [0.05, 0.1) is 11.6 Å². The minimum absolute atomic E-state index is 0.0198. The van der Waals surface area contributed by atoms with Gasteiger partial charge < -0.3 is 24.1 Å². The van der Waals surface area contributed by atoms with Gasteiger partial charge in [-0.15, -0.1) is 0 Å². The van der Waals surface area contributed by atoms with Crippen molar-refractivity contribution in [3.8, 4) is 22.9 Å². The molecule has 3 saturated heterocycles. The number of piperazine rings is 1. The van der Waals surface area contributed by atoms with E-state index >= 15 is 0 Å². The molecule has 3 aromatic rings. The first kappa shape index (κ1) is 30.7. The molecule has 4 heterocycles. The van der Waals surface area contributed by atoms with Crippen molar-refractivity contribution in [2.75, 3.05) is 50.8 Å². The van der Waals surface area contributed by atoms with E-state index in [1.54, 1.807) is 0 Å². The Balaban J connectivity index is 1.15. The van der Waals surface area contributed by atoms with Gasteiger partial charge in [-0.25, -0.2) is 15.4 Å². The number of halogens is 2. The van der Waals surface area contributed by atoms with Crippen molar-refractivity contribution < 1.29 is 23.0 Å². The summed E-state index contributed by atoms with van der Waals surface area (Å²) in [7, 11) is 0. The smallest absolute Gasteiger partial charge is 0.319 e. The van der Waals surface area contributed by atoms with Crippen molar-refractivity contribution >= 4 is 22.6 Å². The number of benzene rings is 2. The first-order valence-electron chi connectivity index (χ1n) is 17.7. The third-order valence-corrected chi connectivity index (χ3v) is 11.7. The normalized spacial score (nSPS) is 28.6. The maximum absolute atomic E-state index is 14.6. The Kier molecular flexibility index (Phi) is 7.31. The molecule has 0 radical (unpaired) electrons. The molecule has 5 fully saturated rings. The second-order valence-electron chi connectivity index (χ2n) is 14.9. The van der Waals surface area contributed by atoms with Gasteiger partial charge in [0.15, 0.2) is 11.6 Å². The molecule has 5 atom stereocenters. The number of alkyl halides is 1. The molecule has 0 spiro atoms. The van der Waals surface area contributed by atoms with Crippen LogP contribution in [0.3, 0.4) is 0 Å². The maximum Gasteiger partial charge on any atom is 0.319 e. The topological polar surface area (TPSA) is 75.4 Å². The second kappa shape index (κ2) is 11.7. The van der Waals surface area contributed by atoms with Crippen LogP contribution in [0.4, 0.5) is 14.6 Å². The zero-order valence-electron chi connectivity index (χ0n) is 27.5. The minimum atomic E-state index is -1.03. The number of amides is 1. The fraction of sp³-hybridized carbons (Fsp3) is 0.526. The van der Waals surface area contributed by atoms with Gasteiger partial charge in [0.25, 0.3) is 5.91 Å². The molecule has 3 aliphatic carbocycles. The van der Waals surface area contributed by atoms with Crippen LogP contribution < -0.4 is 14.4 Å². The molecule has 254 valence electrons. The summed E-state index contributed by atoms with van der Waals surface area (Å²) in [5.74, 6) is 0.904. The Morgan fingerprint density at radius 3 is 2.82 bits per heavy atom. The van der Waals surface area contributed by atoms with E-state index in [1.165, 1.54) is 28.0 Å². The fourth-order valence-electron chi connectivity index (χ4n) is 9.05. The summed E-state index contributed by atoms with van der Waals surface area (Å²) in [6.45, 7) is 13.2. The quantitative estimate of drug-likeness (QED) is 0.209. The van der Waals surface area contributed by atoms with E-state index in [9.17, 15) is 13.6 Å². The lowest BCUT2D eigenvalue weighted by Crippen LogP contribution is -2.56. The molecule has 0 N–H and O–H groups in total. The summed E-state index contributed by atoms with van der Waals surface area (Å²) >= 11 is 0. The van der Waals surface area contributed by atoms with E-state index in [4.69, 9.17) is 26.0 Å². The molecule has 9 nitrogen and oxygen atoms in total. The minimum Gasteiger partial charge on any atom is -0.487 e. The number of carbonyl (C=O) groups excluding carboxylic acids is 1. The van der Waals surface area contributed by atoms with Crippen LogP contribution in [0, 0.1) is 12.5 Å². The van der Waals surface area contributed by atoms with Gasteiger partial charge in [-0.2, -0.15) is 9.97 Å². The summed E-state index contributed by atoms with van der Waals surface area (Å²) in [5.41, 5.74) is 5.31. The summed E-state index contributed by atoms with van der Waals surface area (Å²) in [6, 6.07) is 10.4. The highest BCUT2D eigenvalue weighted by molar-refractivity contribution is 5.99. The first-order valence-corrected chi connectivity index (χ1v) is 17.7. The van der Waals surface area contributed by atoms with Gasteiger partial charge >= 0.3 is 6.01 Å². The summed E-state index contributed by atoms with van der Waals surface area (Å²) in [4.78, 5) is 31.9. The van der Waals surface area contributed by atoms with E-state index in [2.05, 4.69) is 40.6 Å². The van der Waals surface area contributed by atoms with Crippen LogP contribution in [0.5, 0.6) is 11.8 Å². The number of fused-ring (bicyclic) bond motifs is 5. The van der Waals surface area contributed by atoms with Gasteiger partial charge in [-0.1, -0.05) is 24.8 Å². The van der Waals surface area contributed by atoms with Crippen molar-refractivity contribution in [1.29, 1.82) is 0 Å². The Labute approximate surface area is 284 Å². The Hall–Kier alpha value is -4.30. The highest BCUT2D eigenvalue weighted by Crippen LogP contribution is 2.58. The van der Waals surface area contributed by atoms with Gasteiger partial charge in [0.1, 0.15) is 30.2 Å². The van der Waals surface area contributed by atoms with E-state index in [1.807, 2.05) is 11.0 Å². The number of rotatable bonds is 9. The van der Waals surface area contributed by atoms with Gasteiger partial charge in [-0.3, -0.25) is 9.69 Å². The van der Waals surface area contributed by atoms with Crippen molar-refractivity contribution in [3.05, 3.63) is 65.3 Å². The monoisotopic (exact) mass is 666 g/mol. The van der Waals surface area contributed by atoms with E-state index in [0.717, 1.165) is 55.5 Å². The summed E-state index contributed by atoms with van der Waals surface area (Å²) in [5, 5.41) is 0.781. The Bertz CT molecular complexity index is 1910. The van der Waals surface area contributed by atoms with Crippen LogP contribution in [0.2, 0.25) is 0 Å². The average molecular weight is 667 g/mol. The highest BCUT2D eigenvalue weighted by Gasteiger charge is 2.50. The predicted octanol–water partition coefficient (Wildman–Crippen LogP) is 5.87. The molecule has 49 heavy (non-hydrogen) atoms. The molecule has 2 unspecified atom stereocenters. The van der Waals surface area contributed by atoms with Crippen LogP contribution in [-0.4, -0.2) is 95.4 Å². The van der Waals surface area contributed by atoms with Crippen LogP contribution in [0.1, 0.15) is 55.6 Å². The fourth-order valence-corrected chi connectivity index (χ4v) is 9.05. The lowest BCUT2D eigenvalue weighted by molar-refractivity contribution is -0.131. The molecule has 11 heteroatoms. The predicted molar refractivity (Wildman–Crippen MR) is 181 cm³/mol. The third-order valence-electron chi connectivity index (χ3n) is 11.7. The van der Waals surface area contributed by atoms with Crippen molar-refractivity contribution in [1.82, 2.24) is 19.8 Å². The molecular formula is C38H40F2N6O3. The van der Waals surface area contributed by atoms with Gasteiger partial charge in [0, 0.05) is 43.5 Å². The number of hydrogen-bond acceptors (Lipinski definition) is 7. The zero-order valence-corrected chi connectivity index (χ0v) is 27.5. The van der Waals surface area contributed by atoms with E-state index < -0.39 is 23.9 Å². The van der Waals surface area contributed by atoms with Crippen molar-refractivity contribution in [3.63, 3.8) is 0 Å². The number of ether oxygens (including phenoxy) is 2. The van der Waals surface area contributed by atoms with Gasteiger partial charge in [-0.05, 0) is 85.7 Å². The third kappa shape index (κ3) is 5.30. The van der Waals surface area contributed by atoms with Crippen LogP contribution >= 0.6 is 0 Å². The lowest BCUT2D eigenvalue weighted by atomic mass is 9.93. The molecule has 6 aliphatic rings. The molecule has 0 bridgehead atoms. The molecule has 3 aliphatic heterocycles. The highest BCUT2D eigenvalue weighted by atomic mass is 19.1. The van der Waals surface area contributed by atoms with E-state index in [-0.39, 0.29) is 43.9 Å². The Morgan fingerprint density at radius 2 is 2.00 bits per heavy atom. The molecule has 2 saturated carbocycles. The number of aromatic nitrogens is 2. The molecule has 1 amide bonds. The summed E-state index contributed by atoms with van der Waals surface area (Å²) < 4.78 is 41.9. The van der Waals surface area contributed by atoms with Crippen molar-refractivity contribution in [2.45, 2.75) is 74.7 Å². The number of anilines is 1. The summed E-state index contributed by atoms with van der Waals surface area (Å²) in [6.07, 6.45) is 5.83. The molecule has 2 aromatic carbocycles. The zero-order chi connectivity index (χ0) is 33.4.